The molecule has 0 unspecified atom stereocenters. The van der Waals surface area contributed by atoms with Crippen molar-refractivity contribution in [2.45, 2.75) is 39.2 Å². The van der Waals surface area contributed by atoms with Crippen LogP contribution in [0.3, 0.4) is 0 Å². The van der Waals surface area contributed by atoms with Gasteiger partial charge in [-0.3, -0.25) is 0 Å². The lowest BCUT2D eigenvalue weighted by Crippen LogP contribution is -1.95. The zero-order valence-electron chi connectivity index (χ0n) is 10.3. The van der Waals surface area contributed by atoms with Gasteiger partial charge < -0.3 is 4.57 Å². The van der Waals surface area contributed by atoms with E-state index in [1.54, 1.807) is 0 Å². The first-order chi connectivity index (χ1) is 8.36. The summed E-state index contributed by atoms with van der Waals surface area (Å²) in [7, 11) is 0. The van der Waals surface area contributed by atoms with Crippen LogP contribution in [-0.2, 0) is 6.54 Å². The van der Waals surface area contributed by atoms with Gasteiger partial charge in [-0.15, -0.1) is 0 Å². The Labute approximate surface area is 102 Å². The molecule has 0 spiro atoms. The first-order valence-electron chi connectivity index (χ1n) is 6.34. The molecule has 0 saturated carbocycles. The van der Waals surface area contributed by atoms with Gasteiger partial charge in [-0.2, -0.15) is 5.26 Å². The van der Waals surface area contributed by atoms with Crippen LogP contribution in [0.4, 0.5) is 0 Å². The molecule has 0 radical (unpaired) electrons. The number of aryl methyl sites for hydroxylation is 1. The first-order valence-corrected chi connectivity index (χ1v) is 6.34. The molecule has 2 heteroatoms. The molecule has 2 nitrogen and oxygen atoms in total. The Morgan fingerprint density at radius 2 is 2.06 bits per heavy atom. The fourth-order valence-corrected chi connectivity index (χ4v) is 2.22. The molecule has 88 valence electrons. The Hall–Kier alpha value is -1.75. The third-order valence-corrected chi connectivity index (χ3v) is 3.19. The summed E-state index contributed by atoms with van der Waals surface area (Å²) in [6.07, 6.45) is 7.17. The van der Waals surface area contributed by atoms with E-state index in [-0.39, 0.29) is 0 Å². The van der Waals surface area contributed by atoms with E-state index in [1.807, 2.05) is 18.2 Å². The molecule has 0 aliphatic heterocycles. The van der Waals surface area contributed by atoms with Gasteiger partial charge in [0, 0.05) is 23.6 Å². The Balaban J connectivity index is 2.17. The number of aromatic nitrogens is 1. The Bertz CT molecular complexity index is 531. The van der Waals surface area contributed by atoms with Gasteiger partial charge in [0.2, 0.25) is 0 Å². The number of nitrogens with zero attached hydrogens (tertiary/aromatic N) is 2. The average molecular weight is 226 g/mol. The molecule has 2 aromatic rings. The summed E-state index contributed by atoms with van der Waals surface area (Å²) in [5.41, 5.74) is 1.95. The SMILES string of the molecule is CCCCCCn1ccc2c(C#N)cccc21. The minimum atomic E-state index is 0.773. The largest absolute Gasteiger partial charge is 0.347 e. The maximum atomic E-state index is 9.03. The maximum Gasteiger partial charge on any atom is 0.0998 e. The monoisotopic (exact) mass is 226 g/mol. The van der Waals surface area contributed by atoms with Crippen molar-refractivity contribution in [1.82, 2.24) is 4.57 Å². The zero-order chi connectivity index (χ0) is 12.1. The Morgan fingerprint density at radius 3 is 2.82 bits per heavy atom. The topological polar surface area (TPSA) is 28.7 Å². The number of hydrogen-bond donors (Lipinski definition) is 0. The van der Waals surface area contributed by atoms with E-state index >= 15 is 0 Å². The fraction of sp³-hybridized carbons (Fsp3) is 0.400. The molecule has 0 aliphatic rings. The summed E-state index contributed by atoms with van der Waals surface area (Å²) in [6, 6.07) is 10.2. The number of unbranched alkanes of at least 4 members (excludes halogenated alkanes) is 3. The predicted octanol–water partition coefficient (Wildman–Crippen LogP) is 4.09. The van der Waals surface area contributed by atoms with Gasteiger partial charge in [0.1, 0.15) is 0 Å². The molecule has 2 rings (SSSR count). The lowest BCUT2D eigenvalue weighted by Gasteiger charge is -2.05. The second kappa shape index (κ2) is 5.54. The Morgan fingerprint density at radius 1 is 1.18 bits per heavy atom. The molecule has 1 aromatic heterocycles. The van der Waals surface area contributed by atoms with E-state index < -0.39 is 0 Å². The normalized spacial score (nSPS) is 10.6. The standard InChI is InChI=1S/C15H18N2/c1-2-3-4-5-10-17-11-9-14-13(12-16)7-6-8-15(14)17/h6-9,11H,2-5,10H2,1H3. The molecule has 0 N–H and O–H groups in total. The van der Waals surface area contributed by atoms with Crippen LogP contribution in [0.2, 0.25) is 0 Å². The van der Waals surface area contributed by atoms with Crippen molar-refractivity contribution in [3.05, 3.63) is 36.0 Å². The van der Waals surface area contributed by atoms with Crippen molar-refractivity contribution in [1.29, 1.82) is 5.26 Å². The number of hydrogen-bond acceptors (Lipinski definition) is 1. The lowest BCUT2D eigenvalue weighted by molar-refractivity contribution is 0.593. The van der Waals surface area contributed by atoms with E-state index in [2.05, 4.69) is 29.8 Å². The minimum absolute atomic E-state index is 0.773. The number of fused-ring (bicyclic) bond motifs is 1. The molecule has 1 heterocycles. The second-order valence-electron chi connectivity index (χ2n) is 4.42. The van der Waals surface area contributed by atoms with Crippen LogP contribution in [0.5, 0.6) is 0 Å². The minimum Gasteiger partial charge on any atom is -0.347 e. The molecule has 0 saturated heterocycles. The molecule has 17 heavy (non-hydrogen) atoms. The fourth-order valence-electron chi connectivity index (χ4n) is 2.22. The molecule has 0 aliphatic carbocycles. The zero-order valence-corrected chi connectivity index (χ0v) is 10.3. The van der Waals surface area contributed by atoms with Crippen molar-refractivity contribution in [3.8, 4) is 6.07 Å². The van der Waals surface area contributed by atoms with Gasteiger partial charge >= 0.3 is 0 Å². The lowest BCUT2D eigenvalue weighted by atomic mass is 10.1. The van der Waals surface area contributed by atoms with Crippen LogP contribution < -0.4 is 0 Å². The van der Waals surface area contributed by atoms with E-state index in [0.29, 0.717) is 0 Å². The maximum absolute atomic E-state index is 9.03. The summed E-state index contributed by atoms with van der Waals surface area (Å²) in [4.78, 5) is 0. The highest BCUT2D eigenvalue weighted by atomic mass is 14.9. The molecule has 1 aromatic carbocycles. The highest BCUT2D eigenvalue weighted by molar-refractivity contribution is 5.85. The van der Waals surface area contributed by atoms with E-state index in [9.17, 15) is 0 Å². The molecule has 0 bridgehead atoms. The van der Waals surface area contributed by atoms with Crippen LogP contribution in [0.1, 0.15) is 38.2 Å². The van der Waals surface area contributed by atoms with Crippen molar-refractivity contribution in [2.75, 3.05) is 0 Å². The van der Waals surface area contributed by atoms with Crippen molar-refractivity contribution < 1.29 is 0 Å². The first kappa shape index (κ1) is 11.7. The Kier molecular flexibility index (Phi) is 3.82. The van der Waals surface area contributed by atoms with Crippen LogP contribution in [-0.4, -0.2) is 4.57 Å². The van der Waals surface area contributed by atoms with Crippen LogP contribution in [0, 0.1) is 11.3 Å². The molecular weight excluding hydrogens is 208 g/mol. The molecule has 0 fully saturated rings. The molecular formula is C15H18N2. The van der Waals surface area contributed by atoms with E-state index in [1.165, 1.54) is 31.2 Å². The summed E-state index contributed by atoms with van der Waals surface area (Å²) in [5, 5.41) is 10.1. The molecule has 0 atom stereocenters. The van der Waals surface area contributed by atoms with Crippen molar-refractivity contribution >= 4 is 10.9 Å². The van der Waals surface area contributed by atoms with Gasteiger partial charge in [-0.1, -0.05) is 32.3 Å². The van der Waals surface area contributed by atoms with Gasteiger partial charge in [-0.25, -0.2) is 0 Å². The summed E-state index contributed by atoms with van der Waals surface area (Å²) in [5.74, 6) is 0. The number of nitriles is 1. The highest BCUT2D eigenvalue weighted by Gasteiger charge is 2.04. The number of rotatable bonds is 5. The highest BCUT2D eigenvalue weighted by Crippen LogP contribution is 2.20. The third-order valence-electron chi connectivity index (χ3n) is 3.19. The van der Waals surface area contributed by atoms with Gasteiger partial charge in [-0.05, 0) is 24.6 Å². The van der Waals surface area contributed by atoms with Crippen molar-refractivity contribution in [3.63, 3.8) is 0 Å². The summed E-state index contributed by atoms with van der Waals surface area (Å²) in [6.45, 7) is 3.28. The summed E-state index contributed by atoms with van der Waals surface area (Å²) >= 11 is 0. The van der Waals surface area contributed by atoms with Crippen molar-refractivity contribution in [2.24, 2.45) is 0 Å². The molecule has 0 amide bonds. The van der Waals surface area contributed by atoms with Crippen LogP contribution in [0.15, 0.2) is 30.5 Å². The summed E-state index contributed by atoms with van der Waals surface area (Å²) < 4.78 is 2.26. The quantitative estimate of drug-likeness (QED) is 0.706. The van der Waals surface area contributed by atoms with Gasteiger partial charge in [0.05, 0.1) is 11.6 Å². The van der Waals surface area contributed by atoms with Gasteiger partial charge in [0.25, 0.3) is 0 Å². The number of benzene rings is 1. The second-order valence-corrected chi connectivity index (χ2v) is 4.42. The van der Waals surface area contributed by atoms with Crippen LogP contribution >= 0.6 is 0 Å². The predicted molar refractivity (Wildman–Crippen MR) is 70.8 cm³/mol. The average Bonchev–Trinajstić information content (AvgIpc) is 2.78. The van der Waals surface area contributed by atoms with Gasteiger partial charge in [0.15, 0.2) is 0 Å². The van der Waals surface area contributed by atoms with Crippen LogP contribution in [0.25, 0.3) is 10.9 Å². The van der Waals surface area contributed by atoms with E-state index in [4.69, 9.17) is 5.26 Å². The van der Waals surface area contributed by atoms with E-state index in [0.717, 1.165) is 17.5 Å². The third kappa shape index (κ3) is 2.50. The smallest absolute Gasteiger partial charge is 0.0998 e.